The second-order valence-electron chi connectivity index (χ2n) is 8.10. The van der Waals surface area contributed by atoms with E-state index in [4.69, 9.17) is 4.74 Å². The molecule has 0 aliphatic rings. The van der Waals surface area contributed by atoms with Crippen LogP contribution in [0.4, 0.5) is 0 Å². The molecule has 5 aromatic rings. The predicted octanol–water partition coefficient (Wildman–Crippen LogP) is 8.81. The van der Waals surface area contributed by atoms with Crippen LogP contribution in [0.2, 0.25) is 0 Å². The summed E-state index contributed by atoms with van der Waals surface area (Å²) in [4.78, 5) is 0. The first-order chi connectivity index (χ1) is 16.0. The molecule has 1 nitrogen and oxygen atoms in total. The third-order valence-corrected chi connectivity index (χ3v) is 5.32. The third-order valence-electron chi connectivity index (χ3n) is 5.32. The molecular formula is C32H32O. The maximum Gasteiger partial charge on any atom is 0.118 e. The zero-order valence-electron chi connectivity index (χ0n) is 20.0. The molecule has 0 atom stereocenters. The second kappa shape index (κ2) is 12.3. The number of fused-ring (bicyclic) bond motifs is 1. The molecule has 0 bridgehead atoms. The van der Waals surface area contributed by atoms with Gasteiger partial charge in [0.05, 0.1) is 7.11 Å². The highest BCUT2D eigenvalue weighted by atomic mass is 16.5. The highest BCUT2D eigenvalue weighted by molar-refractivity contribution is 5.82. The molecule has 0 unspecified atom stereocenters. The Balaban J connectivity index is 0.000000142. The second-order valence-corrected chi connectivity index (χ2v) is 8.10. The molecule has 5 rings (SSSR count). The van der Waals surface area contributed by atoms with E-state index < -0.39 is 0 Å². The normalized spacial score (nSPS) is 9.82. The number of hydrogen-bond acceptors (Lipinski definition) is 1. The predicted molar refractivity (Wildman–Crippen MR) is 143 cm³/mol. The first-order valence-corrected chi connectivity index (χ1v) is 11.2. The van der Waals surface area contributed by atoms with E-state index in [9.17, 15) is 0 Å². The first-order valence-electron chi connectivity index (χ1n) is 11.2. The van der Waals surface area contributed by atoms with Gasteiger partial charge in [-0.2, -0.15) is 0 Å². The number of aryl methyl sites for hydroxylation is 3. The average Bonchev–Trinajstić information content (AvgIpc) is 2.86. The minimum atomic E-state index is 0.917. The number of ether oxygens (including phenoxy) is 1. The average molecular weight is 433 g/mol. The fraction of sp³-hybridized carbons (Fsp3) is 0.125. The molecular weight excluding hydrogens is 400 g/mol. The van der Waals surface area contributed by atoms with Crippen LogP contribution in [0.3, 0.4) is 0 Å². The summed E-state index contributed by atoms with van der Waals surface area (Å²) < 4.78 is 4.97. The van der Waals surface area contributed by atoms with Crippen molar-refractivity contribution in [2.24, 2.45) is 0 Å². The summed E-state index contributed by atoms with van der Waals surface area (Å²) in [7, 11) is 1.67. The summed E-state index contributed by atoms with van der Waals surface area (Å²) in [5.74, 6) is 0.917. The van der Waals surface area contributed by atoms with Gasteiger partial charge in [-0.3, -0.25) is 0 Å². The summed E-state index contributed by atoms with van der Waals surface area (Å²) >= 11 is 0. The van der Waals surface area contributed by atoms with Crippen molar-refractivity contribution in [1.29, 1.82) is 0 Å². The van der Waals surface area contributed by atoms with Gasteiger partial charge in [0, 0.05) is 0 Å². The molecule has 0 aliphatic heterocycles. The van der Waals surface area contributed by atoms with Gasteiger partial charge in [0.2, 0.25) is 0 Å². The van der Waals surface area contributed by atoms with E-state index in [2.05, 4.69) is 112 Å². The van der Waals surface area contributed by atoms with E-state index in [1.54, 1.807) is 7.11 Å². The van der Waals surface area contributed by atoms with Crippen molar-refractivity contribution in [2.45, 2.75) is 20.8 Å². The van der Waals surface area contributed by atoms with Gasteiger partial charge in [0.15, 0.2) is 0 Å². The van der Waals surface area contributed by atoms with E-state index in [-0.39, 0.29) is 0 Å². The number of benzene rings is 5. The summed E-state index contributed by atoms with van der Waals surface area (Å²) in [6, 6.07) is 41.9. The molecule has 0 radical (unpaired) electrons. The molecule has 0 saturated heterocycles. The van der Waals surface area contributed by atoms with Gasteiger partial charge in [-0.25, -0.2) is 0 Å². The van der Waals surface area contributed by atoms with E-state index in [0.29, 0.717) is 0 Å². The maximum atomic E-state index is 4.97. The van der Waals surface area contributed by atoms with Crippen molar-refractivity contribution in [2.75, 3.05) is 7.11 Å². The molecule has 33 heavy (non-hydrogen) atoms. The van der Waals surface area contributed by atoms with Crippen LogP contribution >= 0.6 is 0 Å². The molecule has 166 valence electrons. The van der Waals surface area contributed by atoms with Gasteiger partial charge in [-0.05, 0) is 54.8 Å². The fourth-order valence-corrected chi connectivity index (χ4v) is 3.36. The molecule has 0 spiro atoms. The van der Waals surface area contributed by atoms with E-state index in [1.807, 2.05) is 30.3 Å². The van der Waals surface area contributed by atoms with Crippen LogP contribution < -0.4 is 4.74 Å². The lowest BCUT2D eigenvalue weighted by atomic mass is 10.0. The quantitative estimate of drug-likeness (QED) is 0.271. The zero-order valence-corrected chi connectivity index (χ0v) is 20.0. The Morgan fingerprint density at radius 1 is 0.424 bits per heavy atom. The standard InChI is InChI=1S/C13H12.C11H10.C8H10O/c1-11-7-9-13(10-8-11)12-5-3-2-4-6-12;1-9-6-7-10-4-2-3-5-11(10)8-9;1-7-3-5-8(9-2)6-4-7/h2-10H,1H3;2-8H,1H3;3-6H,1-2H3. The van der Waals surface area contributed by atoms with Crippen molar-refractivity contribution in [3.05, 3.63) is 138 Å². The van der Waals surface area contributed by atoms with Crippen LogP contribution in [0, 0.1) is 20.8 Å². The molecule has 0 N–H and O–H groups in total. The van der Waals surface area contributed by atoms with Gasteiger partial charge in [-0.1, -0.05) is 126 Å². The largest absolute Gasteiger partial charge is 0.497 e. The van der Waals surface area contributed by atoms with Crippen LogP contribution in [0.1, 0.15) is 16.7 Å². The third kappa shape index (κ3) is 7.66. The zero-order chi connectivity index (χ0) is 23.5. The van der Waals surface area contributed by atoms with Gasteiger partial charge in [-0.15, -0.1) is 0 Å². The van der Waals surface area contributed by atoms with Crippen LogP contribution in [0.15, 0.2) is 121 Å². The van der Waals surface area contributed by atoms with Crippen molar-refractivity contribution in [1.82, 2.24) is 0 Å². The minimum Gasteiger partial charge on any atom is -0.497 e. The Hall–Kier alpha value is -3.84. The lowest BCUT2D eigenvalue weighted by Gasteiger charge is -2.00. The maximum absolute atomic E-state index is 4.97. The number of methoxy groups -OCH3 is 1. The molecule has 0 fully saturated rings. The molecule has 0 aliphatic carbocycles. The van der Waals surface area contributed by atoms with Crippen LogP contribution in [-0.4, -0.2) is 7.11 Å². The Morgan fingerprint density at radius 3 is 1.52 bits per heavy atom. The van der Waals surface area contributed by atoms with Gasteiger partial charge >= 0.3 is 0 Å². The van der Waals surface area contributed by atoms with Gasteiger partial charge in [0.1, 0.15) is 5.75 Å². The van der Waals surface area contributed by atoms with Crippen LogP contribution in [-0.2, 0) is 0 Å². The fourth-order valence-electron chi connectivity index (χ4n) is 3.36. The number of hydrogen-bond donors (Lipinski definition) is 0. The highest BCUT2D eigenvalue weighted by Crippen LogP contribution is 2.18. The van der Waals surface area contributed by atoms with E-state index in [1.165, 1.54) is 38.6 Å². The number of rotatable bonds is 2. The topological polar surface area (TPSA) is 9.23 Å². The lowest BCUT2D eigenvalue weighted by molar-refractivity contribution is 0.414. The Bertz CT molecular complexity index is 1240. The highest BCUT2D eigenvalue weighted by Gasteiger charge is 1.94. The molecule has 0 heterocycles. The summed E-state index contributed by atoms with van der Waals surface area (Å²) in [6.45, 7) is 6.28. The van der Waals surface area contributed by atoms with Crippen molar-refractivity contribution >= 4 is 10.8 Å². The van der Waals surface area contributed by atoms with Gasteiger partial charge in [0.25, 0.3) is 0 Å². The van der Waals surface area contributed by atoms with Crippen LogP contribution in [0.25, 0.3) is 21.9 Å². The first kappa shape index (κ1) is 23.8. The Morgan fingerprint density at radius 2 is 0.909 bits per heavy atom. The molecule has 0 aromatic heterocycles. The monoisotopic (exact) mass is 432 g/mol. The van der Waals surface area contributed by atoms with Crippen molar-refractivity contribution in [3.8, 4) is 16.9 Å². The van der Waals surface area contributed by atoms with Crippen molar-refractivity contribution in [3.63, 3.8) is 0 Å². The van der Waals surface area contributed by atoms with Gasteiger partial charge < -0.3 is 4.74 Å². The minimum absolute atomic E-state index is 0.917. The smallest absolute Gasteiger partial charge is 0.118 e. The SMILES string of the molecule is COc1ccc(C)cc1.Cc1ccc(-c2ccccc2)cc1.Cc1ccc2ccccc2c1. The lowest BCUT2D eigenvalue weighted by Crippen LogP contribution is -1.80. The summed E-state index contributed by atoms with van der Waals surface area (Å²) in [5, 5.41) is 2.64. The molecule has 1 heteroatoms. The van der Waals surface area contributed by atoms with E-state index >= 15 is 0 Å². The molecule has 5 aromatic carbocycles. The van der Waals surface area contributed by atoms with Crippen molar-refractivity contribution < 1.29 is 4.74 Å². The molecule has 0 saturated carbocycles. The Labute approximate surface area is 198 Å². The summed E-state index contributed by atoms with van der Waals surface area (Å²) in [6.07, 6.45) is 0. The molecule has 0 amide bonds. The van der Waals surface area contributed by atoms with Crippen LogP contribution in [0.5, 0.6) is 5.75 Å². The summed E-state index contributed by atoms with van der Waals surface area (Å²) in [5.41, 5.74) is 6.45. The Kier molecular flexibility index (Phi) is 8.85. The van der Waals surface area contributed by atoms with E-state index in [0.717, 1.165) is 5.75 Å².